The molecule has 1 saturated heterocycles. The van der Waals surface area contributed by atoms with E-state index in [1.807, 2.05) is 0 Å². The van der Waals surface area contributed by atoms with E-state index >= 15 is 0 Å². The van der Waals surface area contributed by atoms with Gasteiger partial charge in [-0.2, -0.15) is 0 Å². The fraction of sp³-hybridized carbons (Fsp3) is 0.600. The first-order valence-electron chi connectivity index (χ1n) is 4.39. The number of rotatable bonds is 1. The second kappa shape index (κ2) is 3.79. The molecule has 1 aliphatic heterocycles. The van der Waals surface area contributed by atoms with Gasteiger partial charge in [-0.3, -0.25) is 4.57 Å². The monoisotopic (exact) mass is 210 g/mol. The molecule has 3 atom stereocenters. The topological polar surface area (TPSA) is 23.6 Å². The third kappa shape index (κ3) is 1.49. The molecular weight excluding hydrogens is 195 g/mol. The summed E-state index contributed by atoms with van der Waals surface area (Å²) in [5, 5.41) is 0. The van der Waals surface area contributed by atoms with Gasteiger partial charge in [0.05, 0.1) is 12.0 Å². The third-order valence-electron chi connectivity index (χ3n) is 2.72. The number of hydrogen-bond donors (Lipinski definition) is 0. The normalized spacial score (nSPS) is 38.1. The van der Waals surface area contributed by atoms with Crippen LogP contribution in [0.1, 0.15) is 0 Å². The van der Waals surface area contributed by atoms with Crippen LogP contribution in [-0.2, 0) is 4.57 Å². The first-order valence-corrected chi connectivity index (χ1v) is 6.19. The molecule has 3 nitrogen and oxygen atoms in total. The van der Waals surface area contributed by atoms with Gasteiger partial charge in [0.1, 0.15) is 0 Å². The minimum Gasteiger partial charge on any atom is -0.289 e. The molecule has 0 aromatic carbocycles. The standard InChI is InChI=1S/C10H15N2OP/c1-6-9-8-14(13,11(3)4)12(5)10(9)7-2/h1-2,9-10H,8H2,3-5H3. The lowest BCUT2D eigenvalue weighted by atomic mass is 10.0. The molecule has 0 N–H and O–H groups in total. The van der Waals surface area contributed by atoms with E-state index in [1.165, 1.54) is 0 Å². The Kier molecular flexibility index (Phi) is 3.07. The van der Waals surface area contributed by atoms with Crippen molar-refractivity contribution in [1.82, 2.24) is 9.34 Å². The van der Waals surface area contributed by atoms with Crippen LogP contribution in [0.3, 0.4) is 0 Å². The van der Waals surface area contributed by atoms with Crippen molar-refractivity contribution in [3.05, 3.63) is 0 Å². The molecular formula is C10H15N2OP. The molecule has 4 heteroatoms. The summed E-state index contributed by atoms with van der Waals surface area (Å²) in [6.07, 6.45) is 11.2. The maximum Gasteiger partial charge on any atom is 0.218 e. The number of terminal acetylenes is 2. The van der Waals surface area contributed by atoms with E-state index in [4.69, 9.17) is 12.8 Å². The predicted octanol–water partition coefficient (Wildman–Crippen LogP) is 0.938. The van der Waals surface area contributed by atoms with Crippen LogP contribution in [0.15, 0.2) is 0 Å². The van der Waals surface area contributed by atoms with Gasteiger partial charge in [0.2, 0.25) is 7.44 Å². The lowest BCUT2D eigenvalue weighted by Crippen LogP contribution is -2.28. The second-order valence-electron chi connectivity index (χ2n) is 3.65. The zero-order valence-corrected chi connectivity index (χ0v) is 9.66. The van der Waals surface area contributed by atoms with Crippen molar-refractivity contribution >= 4 is 7.44 Å². The fourth-order valence-corrected chi connectivity index (χ4v) is 4.34. The molecule has 1 heterocycles. The highest BCUT2D eigenvalue weighted by molar-refractivity contribution is 7.59. The Hall–Kier alpha value is -0.730. The zero-order valence-electron chi connectivity index (χ0n) is 8.77. The molecule has 0 aromatic rings. The Balaban J connectivity index is 3.06. The van der Waals surface area contributed by atoms with Gasteiger partial charge >= 0.3 is 0 Å². The molecule has 0 aliphatic carbocycles. The zero-order chi connectivity index (χ0) is 10.9. The molecule has 14 heavy (non-hydrogen) atoms. The van der Waals surface area contributed by atoms with Crippen molar-refractivity contribution in [1.29, 1.82) is 0 Å². The fourth-order valence-electron chi connectivity index (χ4n) is 1.75. The highest BCUT2D eigenvalue weighted by Gasteiger charge is 2.46. The van der Waals surface area contributed by atoms with Crippen molar-refractivity contribution in [3.8, 4) is 24.7 Å². The van der Waals surface area contributed by atoms with Gasteiger partial charge in [-0.05, 0) is 21.1 Å². The Morgan fingerprint density at radius 2 is 2.00 bits per heavy atom. The van der Waals surface area contributed by atoms with Crippen LogP contribution in [0, 0.1) is 30.6 Å². The van der Waals surface area contributed by atoms with E-state index in [2.05, 4.69) is 11.8 Å². The lowest BCUT2D eigenvalue weighted by Gasteiger charge is -2.27. The molecule has 0 bridgehead atoms. The average molecular weight is 210 g/mol. The van der Waals surface area contributed by atoms with Crippen molar-refractivity contribution in [2.24, 2.45) is 5.92 Å². The van der Waals surface area contributed by atoms with Gasteiger partial charge in [-0.1, -0.05) is 5.92 Å². The summed E-state index contributed by atoms with van der Waals surface area (Å²) in [5.41, 5.74) is 0. The van der Waals surface area contributed by atoms with E-state index in [1.54, 1.807) is 30.5 Å². The second-order valence-corrected chi connectivity index (χ2v) is 6.78. The first-order chi connectivity index (χ1) is 6.47. The molecule has 0 aromatic heterocycles. The van der Waals surface area contributed by atoms with Crippen LogP contribution in [-0.4, -0.2) is 42.7 Å². The summed E-state index contributed by atoms with van der Waals surface area (Å²) < 4.78 is 15.9. The van der Waals surface area contributed by atoms with Crippen LogP contribution in [0.25, 0.3) is 0 Å². The van der Waals surface area contributed by atoms with Gasteiger partial charge in [0.25, 0.3) is 0 Å². The molecule has 0 saturated carbocycles. The molecule has 0 radical (unpaired) electrons. The molecule has 76 valence electrons. The lowest BCUT2D eigenvalue weighted by molar-refractivity contribution is 0.401. The molecule has 1 rings (SSSR count). The van der Waals surface area contributed by atoms with Gasteiger partial charge in [-0.15, -0.1) is 18.8 Å². The van der Waals surface area contributed by atoms with Crippen LogP contribution < -0.4 is 0 Å². The Labute approximate surface area is 85.9 Å². The Morgan fingerprint density at radius 3 is 2.29 bits per heavy atom. The minimum absolute atomic E-state index is 0.0989. The minimum atomic E-state index is -2.50. The summed E-state index contributed by atoms with van der Waals surface area (Å²) in [5.74, 6) is 5.13. The van der Waals surface area contributed by atoms with Crippen LogP contribution in [0.4, 0.5) is 0 Å². The smallest absolute Gasteiger partial charge is 0.218 e. The quantitative estimate of drug-likeness (QED) is 0.475. The van der Waals surface area contributed by atoms with Crippen molar-refractivity contribution < 1.29 is 4.57 Å². The highest BCUT2D eigenvalue weighted by atomic mass is 31.2. The number of hydrogen-bond acceptors (Lipinski definition) is 1. The first kappa shape index (κ1) is 11.3. The van der Waals surface area contributed by atoms with Crippen LogP contribution in [0.5, 0.6) is 0 Å². The summed E-state index contributed by atoms with van der Waals surface area (Å²) in [6, 6.07) is -0.201. The Morgan fingerprint density at radius 1 is 1.43 bits per heavy atom. The van der Waals surface area contributed by atoms with Crippen LogP contribution in [0.2, 0.25) is 0 Å². The largest absolute Gasteiger partial charge is 0.289 e. The summed E-state index contributed by atoms with van der Waals surface area (Å²) in [7, 11) is 2.87. The molecule has 1 aliphatic rings. The van der Waals surface area contributed by atoms with Gasteiger partial charge in [-0.25, -0.2) is 9.34 Å². The van der Waals surface area contributed by atoms with E-state index in [0.29, 0.717) is 6.16 Å². The maximum atomic E-state index is 12.4. The van der Waals surface area contributed by atoms with Gasteiger partial charge in [0.15, 0.2) is 0 Å². The van der Waals surface area contributed by atoms with Gasteiger partial charge < -0.3 is 0 Å². The molecule has 0 amide bonds. The predicted molar refractivity (Wildman–Crippen MR) is 58.9 cm³/mol. The summed E-state index contributed by atoms with van der Waals surface area (Å²) in [6.45, 7) is 0. The molecule has 3 unspecified atom stereocenters. The van der Waals surface area contributed by atoms with Crippen molar-refractivity contribution in [3.63, 3.8) is 0 Å². The SMILES string of the molecule is C#CC1CP(=O)(N(C)C)N(C)C1C#C. The Bertz CT molecular complexity index is 350. The maximum absolute atomic E-state index is 12.4. The number of nitrogens with zero attached hydrogens (tertiary/aromatic N) is 2. The summed E-state index contributed by atoms with van der Waals surface area (Å²) in [4.78, 5) is 0. The van der Waals surface area contributed by atoms with E-state index in [-0.39, 0.29) is 12.0 Å². The van der Waals surface area contributed by atoms with E-state index in [9.17, 15) is 4.57 Å². The van der Waals surface area contributed by atoms with Gasteiger partial charge in [0, 0.05) is 6.16 Å². The van der Waals surface area contributed by atoms with E-state index in [0.717, 1.165) is 0 Å². The molecule has 0 spiro atoms. The average Bonchev–Trinajstić information content (AvgIpc) is 2.40. The van der Waals surface area contributed by atoms with Crippen molar-refractivity contribution in [2.75, 3.05) is 27.3 Å². The van der Waals surface area contributed by atoms with E-state index < -0.39 is 7.44 Å². The summed E-state index contributed by atoms with van der Waals surface area (Å²) >= 11 is 0. The third-order valence-corrected chi connectivity index (χ3v) is 6.07. The highest BCUT2D eigenvalue weighted by Crippen LogP contribution is 2.58. The van der Waals surface area contributed by atoms with Crippen molar-refractivity contribution in [2.45, 2.75) is 6.04 Å². The van der Waals surface area contributed by atoms with Crippen LogP contribution >= 0.6 is 7.44 Å². The molecule has 1 fully saturated rings.